The van der Waals surface area contributed by atoms with Crippen molar-refractivity contribution in [1.29, 1.82) is 0 Å². The number of ether oxygens (including phenoxy) is 1. The van der Waals surface area contributed by atoms with E-state index in [2.05, 4.69) is 15.4 Å². The second-order valence-corrected chi connectivity index (χ2v) is 7.03. The van der Waals surface area contributed by atoms with Crippen LogP contribution in [0.3, 0.4) is 0 Å². The Balaban J connectivity index is 1.55. The van der Waals surface area contributed by atoms with Gasteiger partial charge in [0.25, 0.3) is 5.91 Å². The minimum Gasteiger partial charge on any atom is -0.362 e. The molecular formula is C16H25N5O3. The summed E-state index contributed by atoms with van der Waals surface area (Å²) in [6, 6.07) is 0.114. The first-order valence-corrected chi connectivity index (χ1v) is 8.52. The van der Waals surface area contributed by atoms with Gasteiger partial charge in [-0.25, -0.2) is 4.98 Å². The molecule has 1 aromatic rings. The SMILES string of the molecule is CC(C)NC(=O)[C@H]1CCC2(CCN(C(=O)c3ncn(C)n3)CC2)O1. The van der Waals surface area contributed by atoms with Crippen molar-refractivity contribution in [3.63, 3.8) is 0 Å². The van der Waals surface area contributed by atoms with Crippen LogP contribution in [-0.2, 0) is 16.6 Å². The van der Waals surface area contributed by atoms with E-state index in [4.69, 9.17) is 4.74 Å². The van der Waals surface area contributed by atoms with Crippen molar-refractivity contribution >= 4 is 11.8 Å². The van der Waals surface area contributed by atoms with E-state index in [0.29, 0.717) is 13.1 Å². The lowest BCUT2D eigenvalue weighted by Crippen LogP contribution is -2.48. The van der Waals surface area contributed by atoms with Gasteiger partial charge in [-0.2, -0.15) is 0 Å². The molecular weight excluding hydrogens is 310 g/mol. The predicted octanol–water partition coefficient (Wildman–Crippen LogP) is 0.494. The first-order valence-electron chi connectivity index (χ1n) is 8.52. The molecule has 1 atom stereocenters. The molecule has 0 unspecified atom stereocenters. The monoisotopic (exact) mass is 335 g/mol. The van der Waals surface area contributed by atoms with Gasteiger partial charge in [0.05, 0.1) is 5.60 Å². The lowest BCUT2D eigenvalue weighted by Gasteiger charge is -2.38. The summed E-state index contributed by atoms with van der Waals surface area (Å²) in [6.45, 7) is 5.10. The Morgan fingerprint density at radius 3 is 2.62 bits per heavy atom. The van der Waals surface area contributed by atoms with Gasteiger partial charge in [-0.1, -0.05) is 0 Å². The van der Waals surface area contributed by atoms with Crippen molar-refractivity contribution in [3.05, 3.63) is 12.2 Å². The Kier molecular flexibility index (Phi) is 4.58. The topological polar surface area (TPSA) is 89.4 Å². The first kappa shape index (κ1) is 16.9. The van der Waals surface area contributed by atoms with Crippen LogP contribution < -0.4 is 5.32 Å². The maximum atomic E-state index is 12.4. The molecule has 2 aliphatic rings. The molecule has 0 aromatic carbocycles. The summed E-state index contributed by atoms with van der Waals surface area (Å²) in [4.78, 5) is 30.3. The zero-order valence-corrected chi connectivity index (χ0v) is 14.5. The number of hydrogen-bond acceptors (Lipinski definition) is 5. The fourth-order valence-electron chi connectivity index (χ4n) is 3.44. The van der Waals surface area contributed by atoms with E-state index in [-0.39, 0.29) is 35.4 Å². The van der Waals surface area contributed by atoms with Crippen LogP contribution in [0.1, 0.15) is 50.1 Å². The lowest BCUT2D eigenvalue weighted by atomic mass is 9.88. The smallest absolute Gasteiger partial charge is 0.293 e. The molecule has 1 spiro atoms. The number of hydrogen-bond donors (Lipinski definition) is 1. The highest BCUT2D eigenvalue weighted by molar-refractivity contribution is 5.90. The van der Waals surface area contributed by atoms with Gasteiger partial charge in [0.2, 0.25) is 11.7 Å². The van der Waals surface area contributed by atoms with Crippen LogP contribution in [0.25, 0.3) is 0 Å². The Morgan fingerprint density at radius 2 is 2.04 bits per heavy atom. The molecule has 0 aliphatic carbocycles. The van der Waals surface area contributed by atoms with Crippen LogP contribution in [0.2, 0.25) is 0 Å². The zero-order valence-electron chi connectivity index (χ0n) is 14.5. The maximum Gasteiger partial charge on any atom is 0.293 e. The summed E-state index contributed by atoms with van der Waals surface area (Å²) < 4.78 is 7.63. The van der Waals surface area contributed by atoms with E-state index in [1.54, 1.807) is 11.9 Å². The number of likely N-dealkylation sites (tertiary alicyclic amines) is 1. The quantitative estimate of drug-likeness (QED) is 0.868. The van der Waals surface area contributed by atoms with Crippen molar-refractivity contribution < 1.29 is 14.3 Å². The number of amides is 2. The van der Waals surface area contributed by atoms with Crippen LogP contribution in [-0.4, -0.2) is 62.3 Å². The third kappa shape index (κ3) is 3.43. The third-order valence-corrected chi connectivity index (χ3v) is 4.73. The van der Waals surface area contributed by atoms with E-state index >= 15 is 0 Å². The minimum atomic E-state index is -0.368. The molecule has 1 aromatic heterocycles. The van der Waals surface area contributed by atoms with Gasteiger partial charge in [0, 0.05) is 26.2 Å². The molecule has 1 N–H and O–H groups in total. The maximum absolute atomic E-state index is 12.4. The molecule has 8 heteroatoms. The first-order chi connectivity index (χ1) is 11.4. The number of nitrogens with zero attached hydrogens (tertiary/aromatic N) is 4. The summed E-state index contributed by atoms with van der Waals surface area (Å²) in [5.41, 5.74) is -0.271. The largest absolute Gasteiger partial charge is 0.362 e. The van der Waals surface area contributed by atoms with Gasteiger partial charge in [-0.05, 0) is 39.5 Å². The second kappa shape index (κ2) is 6.51. The van der Waals surface area contributed by atoms with Crippen LogP contribution >= 0.6 is 0 Å². The van der Waals surface area contributed by atoms with E-state index in [1.165, 1.54) is 11.0 Å². The normalized spacial score (nSPS) is 23.0. The van der Waals surface area contributed by atoms with Gasteiger partial charge in [-0.15, -0.1) is 5.10 Å². The number of aryl methyl sites for hydroxylation is 1. The van der Waals surface area contributed by atoms with Crippen molar-refractivity contribution in [2.24, 2.45) is 7.05 Å². The molecule has 0 bridgehead atoms. The lowest BCUT2D eigenvalue weighted by molar-refractivity contribution is -0.140. The van der Waals surface area contributed by atoms with Gasteiger partial charge in [0.1, 0.15) is 12.4 Å². The van der Waals surface area contributed by atoms with Crippen LogP contribution in [0.4, 0.5) is 0 Å². The van der Waals surface area contributed by atoms with Gasteiger partial charge in [-0.3, -0.25) is 14.3 Å². The summed E-state index contributed by atoms with van der Waals surface area (Å²) >= 11 is 0. The summed E-state index contributed by atoms with van der Waals surface area (Å²) in [5, 5.41) is 6.98. The number of carbonyl (C=O) groups is 2. The Labute approximate surface area is 141 Å². The molecule has 2 saturated heterocycles. The molecule has 0 saturated carbocycles. The molecule has 2 aliphatic heterocycles. The van der Waals surface area contributed by atoms with Gasteiger partial charge in [0.15, 0.2) is 0 Å². The van der Waals surface area contributed by atoms with Crippen LogP contribution in [0, 0.1) is 0 Å². The van der Waals surface area contributed by atoms with Crippen molar-refractivity contribution in [3.8, 4) is 0 Å². The highest BCUT2D eigenvalue weighted by atomic mass is 16.5. The predicted molar refractivity (Wildman–Crippen MR) is 86.3 cm³/mol. The molecule has 3 heterocycles. The second-order valence-electron chi connectivity index (χ2n) is 7.03. The number of nitrogens with one attached hydrogen (secondary N) is 1. The van der Waals surface area contributed by atoms with Gasteiger partial charge >= 0.3 is 0 Å². The highest BCUT2D eigenvalue weighted by Crippen LogP contribution is 2.39. The molecule has 3 rings (SSSR count). The van der Waals surface area contributed by atoms with Crippen molar-refractivity contribution in [2.45, 2.75) is 57.3 Å². The van der Waals surface area contributed by atoms with E-state index in [0.717, 1.165) is 25.7 Å². The summed E-state index contributed by atoms with van der Waals surface area (Å²) in [6.07, 6.45) is 4.26. The standard InChI is InChI=1S/C16H25N5O3/c1-11(2)18-14(22)12-4-5-16(24-12)6-8-21(9-7-16)15(23)13-17-10-20(3)19-13/h10-12H,4-9H2,1-3H3,(H,18,22)/t12-/m1/s1. The molecule has 0 radical (unpaired) electrons. The zero-order chi connectivity index (χ0) is 17.3. The highest BCUT2D eigenvalue weighted by Gasteiger charge is 2.45. The summed E-state index contributed by atoms with van der Waals surface area (Å²) in [5.74, 6) is 0.0607. The molecule has 2 amide bonds. The molecule has 8 nitrogen and oxygen atoms in total. The Bertz CT molecular complexity index is 619. The van der Waals surface area contributed by atoms with E-state index in [9.17, 15) is 9.59 Å². The van der Waals surface area contributed by atoms with E-state index < -0.39 is 0 Å². The minimum absolute atomic E-state index is 0.0296. The molecule has 2 fully saturated rings. The van der Waals surface area contributed by atoms with Crippen molar-refractivity contribution in [1.82, 2.24) is 25.0 Å². The average molecular weight is 335 g/mol. The van der Waals surface area contributed by atoms with Crippen LogP contribution in [0.15, 0.2) is 6.33 Å². The van der Waals surface area contributed by atoms with Crippen molar-refractivity contribution in [2.75, 3.05) is 13.1 Å². The van der Waals surface area contributed by atoms with E-state index in [1.807, 2.05) is 13.8 Å². The number of aromatic nitrogens is 3. The molecule has 24 heavy (non-hydrogen) atoms. The number of piperidine rings is 1. The number of carbonyl (C=O) groups excluding carboxylic acids is 2. The van der Waals surface area contributed by atoms with Gasteiger partial charge < -0.3 is 15.0 Å². The molecule has 132 valence electrons. The fraction of sp³-hybridized carbons (Fsp3) is 0.750. The summed E-state index contributed by atoms with van der Waals surface area (Å²) in [7, 11) is 1.74. The third-order valence-electron chi connectivity index (χ3n) is 4.73. The Morgan fingerprint density at radius 1 is 1.33 bits per heavy atom. The number of rotatable bonds is 3. The Hall–Kier alpha value is -1.96. The fourth-order valence-corrected chi connectivity index (χ4v) is 3.44. The van der Waals surface area contributed by atoms with Crippen LogP contribution in [0.5, 0.6) is 0 Å². The average Bonchev–Trinajstić information content (AvgIpc) is 3.14.